The molecule has 0 rings (SSSR count). The normalized spacial score (nSPS) is 0. The van der Waals surface area contributed by atoms with Crippen LogP contribution in [0.25, 0.3) is 0 Å². The third-order valence-corrected chi connectivity index (χ3v) is 0. The molecule has 0 amide bonds. The van der Waals surface area contributed by atoms with Crippen LogP contribution in [0, 0.1) is 0 Å². The van der Waals surface area contributed by atoms with Crippen LogP contribution >= 0.6 is 0 Å². The molecule has 0 aliphatic carbocycles. The van der Waals surface area contributed by atoms with Gasteiger partial charge in [0.1, 0.15) is 0 Å². The predicted octanol–water partition coefficient (Wildman–Crippen LogP) is -6.00. The van der Waals surface area contributed by atoms with Crippen molar-refractivity contribution < 1.29 is 61.7 Å². The molecule has 4 heavy (non-hydrogen) atoms. The molecule has 0 aromatic heterocycles. The SMILES string of the molecule is [Cl-].[Cl-].[Cr+2].[Zn+2]. The van der Waals surface area contributed by atoms with E-state index in [2.05, 4.69) is 0 Å². The zero-order valence-electron chi connectivity index (χ0n) is 1.87. The van der Waals surface area contributed by atoms with Gasteiger partial charge in [-0.05, 0) is 0 Å². The standard InChI is InChI=1S/2ClH.Cr.Zn/h2*1H;;/q;;2*+2/p-2. The molecule has 0 unspecified atom stereocenters. The van der Waals surface area contributed by atoms with Crippen LogP contribution in [-0.4, -0.2) is 0 Å². The summed E-state index contributed by atoms with van der Waals surface area (Å²) in [5, 5.41) is 0. The van der Waals surface area contributed by atoms with Crippen LogP contribution in [0.2, 0.25) is 0 Å². The summed E-state index contributed by atoms with van der Waals surface area (Å²) in [5.41, 5.74) is 0. The Labute approximate surface area is 61.4 Å². The second kappa shape index (κ2) is 21.9. The van der Waals surface area contributed by atoms with Crippen molar-refractivity contribution >= 4 is 0 Å². The topological polar surface area (TPSA) is 0 Å². The maximum Gasteiger partial charge on any atom is 2.00 e. The monoisotopic (exact) mass is 186 g/mol. The van der Waals surface area contributed by atoms with Gasteiger partial charge < -0.3 is 24.8 Å². The van der Waals surface area contributed by atoms with Gasteiger partial charge in [0.05, 0.1) is 0 Å². The van der Waals surface area contributed by atoms with Crippen LogP contribution in [0.15, 0.2) is 0 Å². The Kier molecular flexibility index (Phi) is 234. The molecule has 0 aliphatic heterocycles. The van der Waals surface area contributed by atoms with Crippen molar-refractivity contribution in [3.8, 4) is 0 Å². The zero-order chi connectivity index (χ0) is 0. The molecule has 0 heterocycles. The van der Waals surface area contributed by atoms with Gasteiger partial charge in [-0.2, -0.15) is 0 Å². The maximum absolute atomic E-state index is 0. The molecule has 20 valence electrons. The van der Waals surface area contributed by atoms with E-state index in [9.17, 15) is 0 Å². The van der Waals surface area contributed by atoms with E-state index in [1.165, 1.54) is 0 Å². The Morgan fingerprint density at radius 1 is 0.750 bits per heavy atom. The van der Waals surface area contributed by atoms with Gasteiger partial charge in [-0.15, -0.1) is 0 Å². The Hall–Kier alpha value is 1.74. The first kappa shape index (κ1) is 42.7. The maximum atomic E-state index is 0. The summed E-state index contributed by atoms with van der Waals surface area (Å²) in [6.07, 6.45) is 0. The summed E-state index contributed by atoms with van der Waals surface area (Å²) in [5.74, 6) is 0. The minimum absolute atomic E-state index is 0. The molecule has 0 N–H and O–H groups in total. The molecular weight excluding hydrogens is 188 g/mol. The molecule has 0 aromatic rings. The molecule has 0 saturated carbocycles. The van der Waals surface area contributed by atoms with E-state index in [-0.39, 0.29) is 61.7 Å². The van der Waals surface area contributed by atoms with Gasteiger partial charge in [-0.25, -0.2) is 0 Å². The fourth-order valence-electron chi connectivity index (χ4n) is 0. The summed E-state index contributed by atoms with van der Waals surface area (Å²) in [6, 6.07) is 0. The predicted molar refractivity (Wildman–Crippen MR) is 0 cm³/mol. The molecule has 0 radical (unpaired) electrons. The van der Waals surface area contributed by atoms with Gasteiger partial charge in [-0.1, -0.05) is 0 Å². The van der Waals surface area contributed by atoms with E-state index in [4.69, 9.17) is 0 Å². The molecule has 0 atom stereocenters. The Morgan fingerprint density at radius 2 is 0.750 bits per heavy atom. The summed E-state index contributed by atoms with van der Waals surface area (Å²) in [6.45, 7) is 0. The molecule has 0 fully saturated rings. The quantitative estimate of drug-likeness (QED) is 0.332. The number of hydrogen-bond donors (Lipinski definition) is 0. The van der Waals surface area contributed by atoms with Gasteiger partial charge in [0.25, 0.3) is 0 Å². The van der Waals surface area contributed by atoms with E-state index < -0.39 is 0 Å². The Morgan fingerprint density at radius 3 is 0.750 bits per heavy atom. The molecule has 0 bridgehead atoms. The minimum Gasteiger partial charge on any atom is -1.00 e. The number of halogens is 2. The van der Waals surface area contributed by atoms with Gasteiger partial charge >= 0.3 is 36.8 Å². The van der Waals surface area contributed by atoms with Crippen molar-refractivity contribution in [1.29, 1.82) is 0 Å². The van der Waals surface area contributed by atoms with Crippen molar-refractivity contribution in [2.45, 2.75) is 0 Å². The first-order valence-electron chi connectivity index (χ1n) is 0. The van der Waals surface area contributed by atoms with E-state index in [0.29, 0.717) is 0 Å². The Bertz CT molecular complexity index is 6.00. The fourth-order valence-corrected chi connectivity index (χ4v) is 0. The van der Waals surface area contributed by atoms with Crippen molar-refractivity contribution in [3.63, 3.8) is 0 Å². The third-order valence-electron chi connectivity index (χ3n) is 0. The first-order chi connectivity index (χ1) is 0. The van der Waals surface area contributed by atoms with Gasteiger partial charge in [0.15, 0.2) is 0 Å². The zero-order valence-corrected chi connectivity index (χ0v) is 7.63. The van der Waals surface area contributed by atoms with Crippen molar-refractivity contribution in [2.75, 3.05) is 0 Å². The fraction of sp³-hybridized carbons (Fsp3) is 0. The van der Waals surface area contributed by atoms with Crippen molar-refractivity contribution in [3.05, 3.63) is 0 Å². The van der Waals surface area contributed by atoms with Crippen LogP contribution in [0.4, 0.5) is 0 Å². The Balaban J connectivity index is 0. The second-order valence-electron chi connectivity index (χ2n) is 0. The summed E-state index contributed by atoms with van der Waals surface area (Å²) in [7, 11) is 0. The summed E-state index contributed by atoms with van der Waals surface area (Å²) < 4.78 is 0. The summed E-state index contributed by atoms with van der Waals surface area (Å²) in [4.78, 5) is 0. The molecule has 0 spiro atoms. The summed E-state index contributed by atoms with van der Waals surface area (Å²) >= 11 is 0. The second-order valence-corrected chi connectivity index (χ2v) is 0. The van der Waals surface area contributed by atoms with Gasteiger partial charge in [-0.3, -0.25) is 0 Å². The van der Waals surface area contributed by atoms with Crippen LogP contribution in [-0.2, 0) is 36.8 Å². The molecule has 0 aromatic carbocycles. The molecule has 0 aliphatic rings. The molecule has 0 saturated heterocycles. The van der Waals surface area contributed by atoms with Crippen LogP contribution in [0.1, 0.15) is 0 Å². The number of rotatable bonds is 0. The van der Waals surface area contributed by atoms with E-state index >= 15 is 0 Å². The smallest absolute Gasteiger partial charge is 1.00 e. The van der Waals surface area contributed by atoms with Crippen LogP contribution in [0.5, 0.6) is 0 Å². The molecular formula is Cl2CrZn+2. The van der Waals surface area contributed by atoms with Gasteiger partial charge in [0.2, 0.25) is 0 Å². The van der Waals surface area contributed by atoms with E-state index in [1.54, 1.807) is 0 Å². The van der Waals surface area contributed by atoms with Crippen molar-refractivity contribution in [2.24, 2.45) is 0 Å². The van der Waals surface area contributed by atoms with Crippen LogP contribution < -0.4 is 24.8 Å². The van der Waals surface area contributed by atoms with E-state index in [1.807, 2.05) is 0 Å². The average Bonchev–Trinajstić information content (AvgIpc) is 0. The first-order valence-corrected chi connectivity index (χ1v) is 0. The molecule has 0 nitrogen and oxygen atoms in total. The van der Waals surface area contributed by atoms with Crippen LogP contribution in [0.3, 0.4) is 0 Å². The van der Waals surface area contributed by atoms with Gasteiger partial charge in [0, 0.05) is 0 Å². The third kappa shape index (κ3) is 9.28. The number of hydrogen-bond acceptors (Lipinski definition) is 0. The average molecular weight is 188 g/mol. The minimum atomic E-state index is 0. The van der Waals surface area contributed by atoms with Crippen molar-refractivity contribution in [1.82, 2.24) is 0 Å². The van der Waals surface area contributed by atoms with E-state index in [0.717, 1.165) is 0 Å². The molecule has 4 heteroatoms. The largest absolute Gasteiger partial charge is 2.00 e.